The van der Waals surface area contributed by atoms with Crippen molar-refractivity contribution in [2.45, 2.75) is 13.5 Å². The Morgan fingerprint density at radius 2 is 1.87 bits per heavy atom. The Balaban J connectivity index is 1.79. The van der Waals surface area contributed by atoms with E-state index in [2.05, 4.69) is 41.6 Å². The second-order valence-electron chi connectivity index (χ2n) is 3.92. The molecule has 0 bridgehead atoms. The topological polar surface area (TPSA) is 24.5 Å². The van der Waals surface area contributed by atoms with Gasteiger partial charge < -0.3 is 4.74 Å². The van der Waals surface area contributed by atoms with Gasteiger partial charge in [-0.3, -0.25) is 5.43 Å². The summed E-state index contributed by atoms with van der Waals surface area (Å²) in [6.45, 7) is 6.64. The minimum absolute atomic E-state index is 0.834. The van der Waals surface area contributed by atoms with E-state index in [0.29, 0.717) is 0 Å². The molecule has 1 fully saturated rings. The number of hydrogen-bond donors (Lipinski definition) is 1. The Morgan fingerprint density at radius 1 is 1.20 bits per heavy atom. The molecule has 3 nitrogen and oxygen atoms in total. The molecule has 1 saturated heterocycles. The van der Waals surface area contributed by atoms with Gasteiger partial charge in [-0.1, -0.05) is 29.8 Å². The number of morpholine rings is 1. The fraction of sp³-hybridized carbons (Fsp3) is 0.500. The van der Waals surface area contributed by atoms with E-state index >= 15 is 0 Å². The van der Waals surface area contributed by atoms with Crippen molar-refractivity contribution in [3.63, 3.8) is 0 Å². The van der Waals surface area contributed by atoms with E-state index < -0.39 is 0 Å². The zero-order valence-electron chi connectivity index (χ0n) is 9.20. The number of benzene rings is 1. The Bertz CT molecular complexity index is 291. The zero-order chi connectivity index (χ0) is 10.5. The maximum absolute atomic E-state index is 5.29. The lowest BCUT2D eigenvalue weighted by Crippen LogP contribution is -2.45. The second kappa shape index (κ2) is 5.26. The van der Waals surface area contributed by atoms with Crippen molar-refractivity contribution >= 4 is 0 Å². The molecule has 0 unspecified atom stereocenters. The summed E-state index contributed by atoms with van der Waals surface area (Å²) in [7, 11) is 0. The first-order valence-corrected chi connectivity index (χ1v) is 5.46. The largest absolute Gasteiger partial charge is 0.379 e. The van der Waals surface area contributed by atoms with Gasteiger partial charge in [-0.2, -0.15) is 0 Å². The Hall–Kier alpha value is -0.900. The average molecular weight is 206 g/mol. The molecule has 0 aliphatic carbocycles. The third kappa shape index (κ3) is 3.30. The van der Waals surface area contributed by atoms with E-state index in [-0.39, 0.29) is 0 Å². The normalized spacial score (nSPS) is 17.9. The molecular weight excluding hydrogens is 188 g/mol. The summed E-state index contributed by atoms with van der Waals surface area (Å²) in [5.74, 6) is 0. The van der Waals surface area contributed by atoms with Crippen molar-refractivity contribution in [1.82, 2.24) is 10.4 Å². The lowest BCUT2D eigenvalue weighted by molar-refractivity contribution is 0.0106. The van der Waals surface area contributed by atoms with Gasteiger partial charge in [0.15, 0.2) is 0 Å². The summed E-state index contributed by atoms with van der Waals surface area (Å²) in [4.78, 5) is 0. The smallest absolute Gasteiger partial charge is 0.0608 e. The molecule has 3 heteroatoms. The first kappa shape index (κ1) is 10.6. The highest BCUT2D eigenvalue weighted by Crippen LogP contribution is 2.03. The maximum Gasteiger partial charge on any atom is 0.0608 e. The summed E-state index contributed by atoms with van der Waals surface area (Å²) < 4.78 is 5.29. The highest BCUT2D eigenvalue weighted by molar-refractivity contribution is 5.20. The number of hydrazine groups is 1. The van der Waals surface area contributed by atoms with E-state index in [1.54, 1.807) is 0 Å². The lowest BCUT2D eigenvalue weighted by Gasteiger charge is -2.27. The molecule has 1 aliphatic rings. The van der Waals surface area contributed by atoms with E-state index in [0.717, 1.165) is 32.8 Å². The van der Waals surface area contributed by atoms with Crippen LogP contribution in [0.1, 0.15) is 11.1 Å². The van der Waals surface area contributed by atoms with Crippen LogP contribution in [0.25, 0.3) is 0 Å². The number of hydrogen-bond acceptors (Lipinski definition) is 3. The van der Waals surface area contributed by atoms with Gasteiger partial charge in [-0.15, -0.1) is 0 Å². The summed E-state index contributed by atoms with van der Waals surface area (Å²) in [6.07, 6.45) is 0. The minimum Gasteiger partial charge on any atom is -0.379 e. The SMILES string of the molecule is Cc1ccc(CNN2CCOCC2)cc1. The first-order valence-electron chi connectivity index (χ1n) is 5.46. The van der Waals surface area contributed by atoms with Crippen molar-refractivity contribution in [1.29, 1.82) is 0 Å². The van der Waals surface area contributed by atoms with Crippen molar-refractivity contribution < 1.29 is 4.74 Å². The van der Waals surface area contributed by atoms with Crippen LogP contribution in [0.2, 0.25) is 0 Å². The van der Waals surface area contributed by atoms with Crippen LogP contribution in [0.5, 0.6) is 0 Å². The fourth-order valence-electron chi connectivity index (χ4n) is 1.63. The molecule has 1 aromatic rings. The van der Waals surface area contributed by atoms with Crippen LogP contribution in [0.4, 0.5) is 0 Å². The van der Waals surface area contributed by atoms with Crippen LogP contribution in [-0.2, 0) is 11.3 Å². The third-order valence-electron chi connectivity index (χ3n) is 2.64. The molecule has 1 aromatic carbocycles. The van der Waals surface area contributed by atoms with Gasteiger partial charge in [-0.05, 0) is 12.5 Å². The van der Waals surface area contributed by atoms with E-state index in [1.807, 2.05) is 0 Å². The number of aryl methyl sites for hydroxylation is 1. The van der Waals surface area contributed by atoms with Crippen molar-refractivity contribution in [3.05, 3.63) is 35.4 Å². The first-order chi connectivity index (χ1) is 7.34. The van der Waals surface area contributed by atoms with Gasteiger partial charge in [0.05, 0.1) is 13.2 Å². The van der Waals surface area contributed by atoms with Gasteiger partial charge in [0.25, 0.3) is 0 Å². The van der Waals surface area contributed by atoms with Crippen molar-refractivity contribution in [2.75, 3.05) is 26.3 Å². The quantitative estimate of drug-likeness (QED) is 0.807. The molecule has 82 valence electrons. The summed E-state index contributed by atoms with van der Waals surface area (Å²) in [5.41, 5.74) is 6.05. The molecule has 0 amide bonds. The zero-order valence-corrected chi connectivity index (χ0v) is 9.20. The summed E-state index contributed by atoms with van der Waals surface area (Å²) in [6, 6.07) is 8.64. The Labute approximate surface area is 91.0 Å². The van der Waals surface area contributed by atoms with Crippen LogP contribution in [0, 0.1) is 6.92 Å². The van der Waals surface area contributed by atoms with E-state index in [4.69, 9.17) is 4.74 Å². The molecule has 1 heterocycles. The van der Waals surface area contributed by atoms with E-state index in [9.17, 15) is 0 Å². The molecule has 0 aromatic heterocycles. The van der Waals surface area contributed by atoms with Gasteiger partial charge in [0.2, 0.25) is 0 Å². The van der Waals surface area contributed by atoms with Gasteiger partial charge >= 0.3 is 0 Å². The second-order valence-corrected chi connectivity index (χ2v) is 3.92. The summed E-state index contributed by atoms with van der Waals surface area (Å²) in [5, 5.41) is 2.23. The number of nitrogens with zero attached hydrogens (tertiary/aromatic N) is 1. The van der Waals surface area contributed by atoms with Gasteiger partial charge in [0.1, 0.15) is 0 Å². The highest BCUT2D eigenvalue weighted by atomic mass is 16.5. The predicted octanol–water partition coefficient (Wildman–Crippen LogP) is 1.33. The van der Waals surface area contributed by atoms with Crippen molar-refractivity contribution in [2.24, 2.45) is 0 Å². The third-order valence-corrected chi connectivity index (χ3v) is 2.64. The van der Waals surface area contributed by atoms with Crippen LogP contribution < -0.4 is 5.43 Å². The van der Waals surface area contributed by atoms with Crippen LogP contribution in [-0.4, -0.2) is 31.3 Å². The molecular formula is C12H18N2O. The number of rotatable bonds is 3. The molecule has 0 spiro atoms. The van der Waals surface area contributed by atoms with Crippen LogP contribution in [0.3, 0.4) is 0 Å². The lowest BCUT2D eigenvalue weighted by atomic mass is 10.1. The molecule has 15 heavy (non-hydrogen) atoms. The molecule has 0 atom stereocenters. The molecule has 2 rings (SSSR count). The van der Waals surface area contributed by atoms with E-state index in [1.165, 1.54) is 11.1 Å². The van der Waals surface area contributed by atoms with Crippen molar-refractivity contribution in [3.8, 4) is 0 Å². The maximum atomic E-state index is 5.29. The minimum atomic E-state index is 0.834. The molecule has 1 N–H and O–H groups in total. The average Bonchev–Trinajstić information content (AvgIpc) is 2.30. The van der Waals surface area contributed by atoms with Crippen LogP contribution in [0.15, 0.2) is 24.3 Å². The molecule has 1 aliphatic heterocycles. The number of ether oxygens (including phenoxy) is 1. The number of nitrogens with one attached hydrogen (secondary N) is 1. The standard InChI is InChI=1S/C12H18N2O/c1-11-2-4-12(5-3-11)10-13-14-6-8-15-9-7-14/h2-5,13H,6-10H2,1H3. The predicted molar refractivity (Wildman–Crippen MR) is 60.4 cm³/mol. The Kier molecular flexibility index (Phi) is 3.72. The molecule has 0 saturated carbocycles. The van der Waals surface area contributed by atoms with Gasteiger partial charge in [-0.25, -0.2) is 5.01 Å². The Morgan fingerprint density at radius 3 is 2.53 bits per heavy atom. The van der Waals surface area contributed by atoms with Crippen LogP contribution >= 0.6 is 0 Å². The van der Waals surface area contributed by atoms with Gasteiger partial charge in [0, 0.05) is 19.6 Å². The monoisotopic (exact) mass is 206 g/mol. The summed E-state index contributed by atoms with van der Waals surface area (Å²) >= 11 is 0. The molecule has 0 radical (unpaired) electrons. The highest BCUT2D eigenvalue weighted by Gasteiger charge is 2.08. The fourth-order valence-corrected chi connectivity index (χ4v) is 1.63.